The highest BCUT2D eigenvalue weighted by molar-refractivity contribution is 5.44. The van der Waals surface area contributed by atoms with Crippen molar-refractivity contribution in [1.29, 1.82) is 0 Å². The van der Waals surface area contributed by atoms with Gasteiger partial charge in [0.1, 0.15) is 13.2 Å². The molecule has 3 aliphatic rings. The maximum absolute atomic E-state index is 6.52. The Labute approximate surface area is 114 Å². The molecule has 2 fully saturated rings. The third-order valence-electron chi connectivity index (χ3n) is 5.21. The first-order valence-electron chi connectivity index (χ1n) is 7.46. The van der Waals surface area contributed by atoms with Gasteiger partial charge in [-0.25, -0.2) is 0 Å². The predicted molar refractivity (Wildman–Crippen MR) is 73.3 cm³/mol. The molecule has 19 heavy (non-hydrogen) atoms. The van der Waals surface area contributed by atoms with E-state index in [2.05, 4.69) is 12.1 Å². The predicted octanol–water partition coefficient (Wildman–Crippen LogP) is 2.89. The van der Waals surface area contributed by atoms with Crippen LogP contribution in [-0.4, -0.2) is 13.2 Å². The van der Waals surface area contributed by atoms with Crippen LogP contribution >= 0.6 is 0 Å². The van der Waals surface area contributed by atoms with Crippen LogP contribution in [-0.2, 0) is 0 Å². The SMILES string of the molecule is NC(c1ccc2c(c1)OCCO2)C1CC2CCC1C2. The number of benzene rings is 1. The van der Waals surface area contributed by atoms with Crippen molar-refractivity contribution in [3.8, 4) is 11.5 Å². The Morgan fingerprint density at radius 2 is 1.89 bits per heavy atom. The Morgan fingerprint density at radius 3 is 2.63 bits per heavy atom. The van der Waals surface area contributed by atoms with Gasteiger partial charge in [0.05, 0.1) is 0 Å². The zero-order valence-corrected chi connectivity index (χ0v) is 11.2. The van der Waals surface area contributed by atoms with Crippen molar-refractivity contribution >= 4 is 0 Å². The Kier molecular flexibility index (Phi) is 2.69. The number of rotatable bonds is 2. The second kappa shape index (κ2) is 4.41. The molecule has 1 aromatic rings. The van der Waals surface area contributed by atoms with Crippen molar-refractivity contribution in [3.63, 3.8) is 0 Å². The minimum absolute atomic E-state index is 0.158. The van der Waals surface area contributed by atoms with Gasteiger partial charge in [0.15, 0.2) is 11.5 Å². The lowest BCUT2D eigenvalue weighted by atomic mass is 9.81. The molecule has 2 bridgehead atoms. The van der Waals surface area contributed by atoms with E-state index in [0.717, 1.165) is 23.3 Å². The topological polar surface area (TPSA) is 44.5 Å². The van der Waals surface area contributed by atoms with Gasteiger partial charge in [-0.05, 0) is 54.7 Å². The van der Waals surface area contributed by atoms with Crippen LogP contribution in [0.3, 0.4) is 0 Å². The number of hydrogen-bond acceptors (Lipinski definition) is 3. The van der Waals surface area contributed by atoms with Gasteiger partial charge in [0, 0.05) is 6.04 Å². The van der Waals surface area contributed by atoms with Crippen molar-refractivity contribution < 1.29 is 9.47 Å². The summed E-state index contributed by atoms with van der Waals surface area (Å²) in [5.41, 5.74) is 7.73. The first kappa shape index (κ1) is 11.6. The standard InChI is InChI=1S/C16H21NO2/c17-16(13-8-10-1-2-11(13)7-10)12-3-4-14-15(9-12)19-6-5-18-14/h3-4,9-11,13,16H,1-2,5-8,17H2. The quantitative estimate of drug-likeness (QED) is 0.888. The summed E-state index contributed by atoms with van der Waals surface area (Å²) in [6.45, 7) is 1.28. The molecule has 1 aliphatic heterocycles. The van der Waals surface area contributed by atoms with Crippen molar-refractivity contribution in [1.82, 2.24) is 0 Å². The number of ether oxygens (including phenoxy) is 2. The van der Waals surface area contributed by atoms with Crippen LogP contribution in [0.4, 0.5) is 0 Å². The van der Waals surface area contributed by atoms with E-state index in [9.17, 15) is 0 Å². The Bertz CT molecular complexity index is 488. The van der Waals surface area contributed by atoms with Gasteiger partial charge in [0.25, 0.3) is 0 Å². The first-order valence-corrected chi connectivity index (χ1v) is 7.46. The van der Waals surface area contributed by atoms with E-state index in [-0.39, 0.29) is 6.04 Å². The van der Waals surface area contributed by atoms with Crippen LogP contribution in [0, 0.1) is 17.8 Å². The zero-order chi connectivity index (χ0) is 12.8. The van der Waals surface area contributed by atoms with E-state index in [4.69, 9.17) is 15.2 Å². The van der Waals surface area contributed by atoms with Crippen molar-refractivity contribution in [3.05, 3.63) is 23.8 Å². The molecule has 2 saturated carbocycles. The first-order chi connectivity index (χ1) is 9.31. The molecule has 4 unspecified atom stereocenters. The summed E-state index contributed by atoms with van der Waals surface area (Å²) in [6.07, 6.45) is 5.53. The lowest BCUT2D eigenvalue weighted by molar-refractivity contribution is 0.171. The summed E-state index contributed by atoms with van der Waals surface area (Å²) in [6, 6.07) is 6.37. The van der Waals surface area contributed by atoms with E-state index in [1.54, 1.807) is 0 Å². The molecule has 3 heteroatoms. The fourth-order valence-corrected chi connectivity index (χ4v) is 4.25. The minimum Gasteiger partial charge on any atom is -0.486 e. The zero-order valence-electron chi connectivity index (χ0n) is 11.2. The van der Waals surface area contributed by atoms with E-state index in [1.807, 2.05) is 6.07 Å². The molecule has 1 heterocycles. The minimum atomic E-state index is 0.158. The van der Waals surface area contributed by atoms with E-state index in [1.165, 1.54) is 31.2 Å². The van der Waals surface area contributed by atoms with Gasteiger partial charge >= 0.3 is 0 Å². The van der Waals surface area contributed by atoms with E-state index >= 15 is 0 Å². The number of hydrogen-bond donors (Lipinski definition) is 1. The lowest BCUT2D eigenvalue weighted by Crippen LogP contribution is -2.26. The van der Waals surface area contributed by atoms with Gasteiger partial charge in [-0.2, -0.15) is 0 Å². The molecular formula is C16H21NO2. The average Bonchev–Trinajstić information content (AvgIpc) is 3.08. The highest BCUT2D eigenvalue weighted by atomic mass is 16.6. The van der Waals surface area contributed by atoms with Crippen LogP contribution in [0.2, 0.25) is 0 Å². The smallest absolute Gasteiger partial charge is 0.161 e. The van der Waals surface area contributed by atoms with Gasteiger partial charge < -0.3 is 15.2 Å². The summed E-state index contributed by atoms with van der Waals surface area (Å²) in [5.74, 6) is 4.19. The van der Waals surface area contributed by atoms with Crippen LogP contribution in [0.15, 0.2) is 18.2 Å². The van der Waals surface area contributed by atoms with Gasteiger partial charge in [-0.1, -0.05) is 12.5 Å². The van der Waals surface area contributed by atoms with Gasteiger partial charge in [-0.3, -0.25) is 0 Å². The summed E-state index contributed by atoms with van der Waals surface area (Å²) in [5, 5.41) is 0. The lowest BCUT2D eigenvalue weighted by Gasteiger charge is -2.29. The molecule has 0 saturated heterocycles. The highest BCUT2D eigenvalue weighted by Crippen LogP contribution is 2.52. The molecule has 2 aliphatic carbocycles. The summed E-state index contributed by atoms with van der Waals surface area (Å²) >= 11 is 0. The molecule has 0 spiro atoms. The third-order valence-corrected chi connectivity index (χ3v) is 5.21. The molecule has 0 radical (unpaired) electrons. The van der Waals surface area contributed by atoms with Crippen LogP contribution in [0.25, 0.3) is 0 Å². The van der Waals surface area contributed by atoms with Crippen LogP contribution in [0.1, 0.15) is 37.3 Å². The largest absolute Gasteiger partial charge is 0.486 e. The number of fused-ring (bicyclic) bond motifs is 3. The fourth-order valence-electron chi connectivity index (χ4n) is 4.25. The molecule has 3 nitrogen and oxygen atoms in total. The van der Waals surface area contributed by atoms with E-state index < -0.39 is 0 Å². The van der Waals surface area contributed by atoms with Gasteiger partial charge in [-0.15, -0.1) is 0 Å². The third kappa shape index (κ3) is 1.91. The fraction of sp³-hybridized carbons (Fsp3) is 0.625. The van der Waals surface area contributed by atoms with Crippen molar-refractivity contribution in [2.75, 3.05) is 13.2 Å². The van der Waals surface area contributed by atoms with Gasteiger partial charge in [0.2, 0.25) is 0 Å². The molecule has 4 rings (SSSR count). The summed E-state index contributed by atoms with van der Waals surface area (Å²) < 4.78 is 11.2. The summed E-state index contributed by atoms with van der Waals surface area (Å²) in [4.78, 5) is 0. The van der Waals surface area contributed by atoms with Crippen LogP contribution < -0.4 is 15.2 Å². The summed E-state index contributed by atoms with van der Waals surface area (Å²) in [7, 11) is 0. The molecule has 102 valence electrons. The van der Waals surface area contributed by atoms with Crippen molar-refractivity contribution in [2.45, 2.75) is 31.7 Å². The highest BCUT2D eigenvalue weighted by Gasteiger charge is 2.42. The molecular weight excluding hydrogens is 238 g/mol. The molecule has 0 aromatic heterocycles. The molecule has 1 aromatic carbocycles. The average molecular weight is 259 g/mol. The Balaban J connectivity index is 1.58. The molecule has 0 amide bonds. The second-order valence-electron chi connectivity index (χ2n) is 6.27. The maximum atomic E-state index is 6.52. The Hall–Kier alpha value is -1.22. The molecule has 4 atom stereocenters. The second-order valence-corrected chi connectivity index (χ2v) is 6.27. The maximum Gasteiger partial charge on any atom is 0.161 e. The normalized spacial score (nSPS) is 33.4. The molecule has 2 N–H and O–H groups in total. The van der Waals surface area contributed by atoms with E-state index in [0.29, 0.717) is 19.1 Å². The monoisotopic (exact) mass is 259 g/mol. The van der Waals surface area contributed by atoms with Crippen LogP contribution in [0.5, 0.6) is 11.5 Å². The van der Waals surface area contributed by atoms with Crippen molar-refractivity contribution in [2.24, 2.45) is 23.5 Å². The Morgan fingerprint density at radius 1 is 1.05 bits per heavy atom. The number of nitrogens with two attached hydrogens (primary N) is 1.